The molecule has 0 aliphatic carbocycles. The molecule has 1 unspecified atom stereocenters. The lowest BCUT2D eigenvalue weighted by atomic mass is 10.1. The monoisotopic (exact) mass is 371 g/mol. The highest BCUT2D eigenvalue weighted by atomic mass is 31.2. The molecule has 5 heteroatoms. The summed E-state index contributed by atoms with van der Waals surface area (Å²) in [6, 6.07) is 18.0. The number of carbonyl (C=O) groups excluding carboxylic acids is 1. The number of aryl methyl sites for hydroxylation is 1. The summed E-state index contributed by atoms with van der Waals surface area (Å²) in [5.74, 6) is -0.0477. The van der Waals surface area contributed by atoms with Crippen molar-refractivity contribution in [3.05, 3.63) is 65.7 Å². The van der Waals surface area contributed by atoms with Crippen LogP contribution < -0.4 is 4.90 Å². The molecule has 26 heavy (non-hydrogen) atoms. The molecule has 1 heterocycles. The van der Waals surface area contributed by atoms with Crippen molar-refractivity contribution in [2.75, 3.05) is 23.8 Å². The Morgan fingerprint density at radius 2 is 1.73 bits per heavy atom. The quantitative estimate of drug-likeness (QED) is 0.557. The Hall–Kier alpha value is -1.90. The van der Waals surface area contributed by atoms with Crippen LogP contribution in [0.4, 0.5) is 5.69 Å². The maximum absolute atomic E-state index is 12.5. The SMILES string of the molecule is O=C(CCP(=O)(O)CCCCc1ccccc1)N1CCc2ccccc21. The molecule has 0 saturated heterocycles. The van der Waals surface area contributed by atoms with E-state index in [4.69, 9.17) is 0 Å². The molecule has 0 saturated carbocycles. The van der Waals surface area contributed by atoms with Gasteiger partial charge in [-0.3, -0.25) is 9.36 Å². The van der Waals surface area contributed by atoms with E-state index in [0.29, 0.717) is 19.1 Å². The van der Waals surface area contributed by atoms with E-state index in [1.54, 1.807) is 4.90 Å². The summed E-state index contributed by atoms with van der Waals surface area (Å²) in [6.45, 7) is 0.672. The normalized spacial score (nSPS) is 15.5. The number of rotatable bonds is 8. The van der Waals surface area contributed by atoms with Crippen LogP contribution in [0.1, 0.15) is 30.4 Å². The first-order valence-electron chi connectivity index (χ1n) is 9.28. The van der Waals surface area contributed by atoms with E-state index < -0.39 is 7.37 Å². The second-order valence-corrected chi connectivity index (χ2v) is 9.50. The number of hydrogen-bond acceptors (Lipinski definition) is 2. The molecule has 2 aromatic carbocycles. The largest absolute Gasteiger partial charge is 0.344 e. The van der Waals surface area contributed by atoms with Gasteiger partial charge in [0.15, 0.2) is 0 Å². The highest BCUT2D eigenvalue weighted by molar-refractivity contribution is 7.58. The van der Waals surface area contributed by atoms with Gasteiger partial charge in [0.2, 0.25) is 13.3 Å². The molecule has 4 nitrogen and oxygen atoms in total. The van der Waals surface area contributed by atoms with Crippen molar-refractivity contribution in [3.63, 3.8) is 0 Å². The number of carbonyl (C=O) groups is 1. The molecule has 138 valence electrons. The molecule has 2 aromatic rings. The predicted octanol–water partition coefficient (Wildman–Crippen LogP) is 4.26. The first-order chi connectivity index (χ1) is 12.6. The van der Waals surface area contributed by atoms with Gasteiger partial charge >= 0.3 is 0 Å². The fourth-order valence-corrected chi connectivity index (χ4v) is 4.93. The summed E-state index contributed by atoms with van der Waals surface area (Å²) < 4.78 is 12.4. The van der Waals surface area contributed by atoms with Crippen molar-refractivity contribution in [3.8, 4) is 0 Å². The minimum atomic E-state index is -3.24. The zero-order valence-electron chi connectivity index (χ0n) is 15.0. The van der Waals surface area contributed by atoms with Gasteiger partial charge in [0.1, 0.15) is 0 Å². The van der Waals surface area contributed by atoms with Gasteiger partial charge in [-0.25, -0.2) is 0 Å². The van der Waals surface area contributed by atoms with Crippen LogP contribution in [0.15, 0.2) is 54.6 Å². The molecule has 3 rings (SSSR count). The molecule has 0 fully saturated rings. The average Bonchev–Trinajstić information content (AvgIpc) is 3.09. The van der Waals surface area contributed by atoms with Crippen LogP contribution in [0.25, 0.3) is 0 Å². The third-order valence-electron chi connectivity index (χ3n) is 4.93. The lowest BCUT2D eigenvalue weighted by Crippen LogP contribution is -2.29. The molecule has 1 N–H and O–H groups in total. The minimum Gasteiger partial charge on any atom is -0.344 e. The van der Waals surface area contributed by atoms with Gasteiger partial charge in [0.25, 0.3) is 0 Å². The maximum Gasteiger partial charge on any atom is 0.227 e. The number of unbranched alkanes of at least 4 members (excludes halogenated alkanes) is 1. The second-order valence-electron chi connectivity index (χ2n) is 6.91. The molecule has 0 radical (unpaired) electrons. The molecule has 0 spiro atoms. The zero-order chi connectivity index (χ0) is 18.4. The van der Waals surface area contributed by atoms with Crippen molar-refractivity contribution in [2.24, 2.45) is 0 Å². The Labute approximate surface area is 155 Å². The van der Waals surface area contributed by atoms with E-state index in [2.05, 4.69) is 12.1 Å². The summed E-state index contributed by atoms with van der Waals surface area (Å²) in [7, 11) is -3.24. The van der Waals surface area contributed by atoms with Crippen LogP contribution in [-0.4, -0.2) is 29.7 Å². The van der Waals surface area contributed by atoms with E-state index >= 15 is 0 Å². The predicted molar refractivity (Wildman–Crippen MR) is 106 cm³/mol. The summed E-state index contributed by atoms with van der Waals surface area (Å²) in [4.78, 5) is 24.4. The summed E-state index contributed by atoms with van der Waals surface area (Å²) in [6.07, 6.45) is 3.90. The van der Waals surface area contributed by atoms with Crippen molar-refractivity contribution in [1.82, 2.24) is 0 Å². The number of nitrogens with zero attached hydrogens (tertiary/aromatic N) is 1. The van der Waals surface area contributed by atoms with Crippen LogP contribution in [0.2, 0.25) is 0 Å². The van der Waals surface area contributed by atoms with Gasteiger partial charge in [-0.1, -0.05) is 48.5 Å². The summed E-state index contributed by atoms with van der Waals surface area (Å²) in [5.41, 5.74) is 3.38. The number of para-hydroxylation sites is 1. The molecular weight excluding hydrogens is 345 g/mol. The van der Waals surface area contributed by atoms with Crippen LogP contribution in [0.5, 0.6) is 0 Å². The third-order valence-corrected chi connectivity index (χ3v) is 6.87. The smallest absolute Gasteiger partial charge is 0.227 e. The summed E-state index contributed by atoms with van der Waals surface area (Å²) >= 11 is 0. The molecular formula is C21H26NO3P. The van der Waals surface area contributed by atoms with E-state index in [1.165, 1.54) is 11.1 Å². The van der Waals surface area contributed by atoms with E-state index in [1.807, 2.05) is 42.5 Å². The Kier molecular flexibility index (Phi) is 6.29. The molecule has 1 aliphatic heterocycles. The van der Waals surface area contributed by atoms with Crippen LogP contribution in [-0.2, 0) is 22.2 Å². The molecule has 0 aromatic heterocycles. The number of fused-ring (bicyclic) bond motifs is 1. The Bertz CT molecular complexity index is 791. The van der Waals surface area contributed by atoms with Crippen LogP contribution >= 0.6 is 7.37 Å². The highest BCUT2D eigenvalue weighted by Gasteiger charge is 2.26. The van der Waals surface area contributed by atoms with Gasteiger partial charge < -0.3 is 9.79 Å². The molecule has 1 atom stereocenters. The maximum atomic E-state index is 12.5. The number of hydrogen-bond donors (Lipinski definition) is 1. The molecule has 1 amide bonds. The first kappa shape index (κ1) is 18.9. The zero-order valence-corrected chi connectivity index (χ0v) is 15.9. The van der Waals surface area contributed by atoms with Gasteiger partial charge in [-0.05, 0) is 42.9 Å². The van der Waals surface area contributed by atoms with Gasteiger partial charge in [0, 0.05) is 31.0 Å². The number of anilines is 1. The lowest BCUT2D eigenvalue weighted by Gasteiger charge is -2.18. The van der Waals surface area contributed by atoms with E-state index in [0.717, 1.165) is 24.9 Å². The number of benzene rings is 2. The van der Waals surface area contributed by atoms with Gasteiger partial charge in [-0.15, -0.1) is 0 Å². The first-order valence-corrected chi connectivity index (χ1v) is 11.3. The van der Waals surface area contributed by atoms with E-state index in [-0.39, 0.29) is 18.5 Å². The second kappa shape index (κ2) is 8.66. The minimum absolute atomic E-state index is 0.0477. The lowest BCUT2D eigenvalue weighted by molar-refractivity contribution is -0.118. The standard InChI is InChI=1S/C21H26NO3P/c23-21(22-15-13-19-11-4-5-12-20(19)22)14-17-26(24,25)16-7-6-10-18-8-2-1-3-9-18/h1-5,8-9,11-12H,6-7,10,13-17H2,(H,24,25). The summed E-state index contributed by atoms with van der Waals surface area (Å²) in [5, 5.41) is 0. The van der Waals surface area contributed by atoms with Crippen molar-refractivity contribution in [2.45, 2.75) is 32.1 Å². The van der Waals surface area contributed by atoms with Gasteiger partial charge in [-0.2, -0.15) is 0 Å². The Morgan fingerprint density at radius 1 is 1.00 bits per heavy atom. The molecule has 0 bridgehead atoms. The molecule has 1 aliphatic rings. The van der Waals surface area contributed by atoms with Crippen molar-refractivity contribution >= 4 is 19.0 Å². The third kappa shape index (κ3) is 5.06. The fourth-order valence-electron chi connectivity index (χ4n) is 3.45. The fraction of sp³-hybridized carbons (Fsp3) is 0.381. The Balaban J connectivity index is 1.42. The van der Waals surface area contributed by atoms with E-state index in [9.17, 15) is 14.3 Å². The highest BCUT2D eigenvalue weighted by Crippen LogP contribution is 2.42. The van der Waals surface area contributed by atoms with Crippen molar-refractivity contribution < 1.29 is 14.3 Å². The van der Waals surface area contributed by atoms with Crippen LogP contribution in [0.3, 0.4) is 0 Å². The van der Waals surface area contributed by atoms with Gasteiger partial charge in [0.05, 0.1) is 0 Å². The number of amides is 1. The Morgan fingerprint density at radius 3 is 2.54 bits per heavy atom. The topological polar surface area (TPSA) is 57.6 Å². The van der Waals surface area contributed by atoms with Crippen molar-refractivity contribution in [1.29, 1.82) is 0 Å². The average molecular weight is 371 g/mol. The van der Waals surface area contributed by atoms with Crippen LogP contribution in [0, 0.1) is 0 Å².